The zero-order chi connectivity index (χ0) is 49.9. The van der Waals surface area contributed by atoms with Crippen LogP contribution in [0.25, 0.3) is 22.5 Å². The highest BCUT2D eigenvalue weighted by molar-refractivity contribution is 6.00. The van der Waals surface area contributed by atoms with E-state index in [2.05, 4.69) is 52.0 Å². The molecule has 1 aliphatic heterocycles. The Hall–Kier alpha value is -6.76. The molecule has 1 aliphatic rings. The van der Waals surface area contributed by atoms with E-state index in [-0.39, 0.29) is 69.1 Å². The van der Waals surface area contributed by atoms with Gasteiger partial charge in [-0.15, -0.1) is 0 Å². The van der Waals surface area contributed by atoms with E-state index in [0.717, 1.165) is 11.1 Å². The maximum atomic E-state index is 14.7. The van der Waals surface area contributed by atoms with Crippen LogP contribution in [0.1, 0.15) is 86.7 Å². The smallest absolute Gasteiger partial charge is 0.255 e. The van der Waals surface area contributed by atoms with Gasteiger partial charge in [0.25, 0.3) is 5.91 Å². The number of hydrogen-bond acceptors (Lipinski definition) is 13. The molecule has 0 radical (unpaired) electrons. The second-order valence-corrected chi connectivity index (χ2v) is 18.2. The number of ether oxygens (including phenoxy) is 2. The number of nitrogens with one attached hydrogen (secondary N) is 5. The minimum Gasteiger partial charge on any atom is -0.492 e. The lowest BCUT2D eigenvalue weighted by Crippen LogP contribution is -2.56. The topological polar surface area (TPSA) is 283 Å². The van der Waals surface area contributed by atoms with Crippen molar-refractivity contribution in [1.82, 2.24) is 36.1 Å². The zero-order valence-corrected chi connectivity index (χ0v) is 40.3. The lowest BCUT2D eigenvalue weighted by Gasteiger charge is -2.32. The number of aromatic nitrogens is 2. The molecular formula is C50H67N11O7. The average molecular weight is 934 g/mol. The van der Waals surface area contributed by atoms with Crippen LogP contribution in [0.4, 0.5) is 0 Å². The van der Waals surface area contributed by atoms with Crippen molar-refractivity contribution in [1.29, 1.82) is 5.41 Å². The highest BCUT2D eigenvalue weighted by Crippen LogP contribution is 2.40. The molecule has 364 valence electrons. The summed E-state index contributed by atoms with van der Waals surface area (Å²) in [5, 5.41) is 19.4. The van der Waals surface area contributed by atoms with E-state index in [4.69, 9.17) is 32.1 Å². The summed E-state index contributed by atoms with van der Waals surface area (Å²) in [6, 6.07) is 13.3. The summed E-state index contributed by atoms with van der Waals surface area (Å²) in [7, 11) is 1.42. The maximum Gasteiger partial charge on any atom is 0.255 e. The van der Waals surface area contributed by atoms with Crippen LogP contribution in [0.2, 0.25) is 0 Å². The van der Waals surface area contributed by atoms with Gasteiger partial charge in [-0.2, -0.15) is 0 Å². The summed E-state index contributed by atoms with van der Waals surface area (Å²) < 4.78 is 12.3. The Morgan fingerprint density at radius 3 is 2.12 bits per heavy atom. The quantitative estimate of drug-likeness (QED) is 0.0710. The predicted octanol–water partition coefficient (Wildman–Crippen LogP) is 3.08. The van der Waals surface area contributed by atoms with E-state index in [1.165, 1.54) is 25.1 Å². The van der Waals surface area contributed by atoms with Crippen LogP contribution in [0, 0.1) is 18.3 Å². The summed E-state index contributed by atoms with van der Waals surface area (Å²) in [6.07, 6.45) is 1.45. The summed E-state index contributed by atoms with van der Waals surface area (Å²) in [4.78, 5) is 81.3. The number of fused-ring (bicyclic) bond motifs is 5. The van der Waals surface area contributed by atoms with Crippen LogP contribution in [0.5, 0.6) is 11.5 Å². The highest BCUT2D eigenvalue weighted by Gasteiger charge is 2.36. The first kappa shape index (κ1) is 52.2. The van der Waals surface area contributed by atoms with Gasteiger partial charge >= 0.3 is 0 Å². The van der Waals surface area contributed by atoms with E-state index in [1.807, 2.05) is 38.1 Å². The van der Waals surface area contributed by atoms with Gasteiger partial charge in [-0.3, -0.25) is 24.0 Å². The Morgan fingerprint density at radius 2 is 1.53 bits per heavy atom. The summed E-state index contributed by atoms with van der Waals surface area (Å²) >= 11 is 0. The van der Waals surface area contributed by atoms with Crippen LogP contribution in [0.15, 0.2) is 66.9 Å². The molecule has 0 aliphatic carbocycles. The van der Waals surface area contributed by atoms with Crippen molar-refractivity contribution in [3.63, 3.8) is 0 Å². The van der Waals surface area contributed by atoms with Gasteiger partial charge < -0.3 is 58.3 Å². The van der Waals surface area contributed by atoms with Gasteiger partial charge in [0, 0.05) is 55.2 Å². The molecule has 4 aromatic rings. The first-order chi connectivity index (χ1) is 32.3. The summed E-state index contributed by atoms with van der Waals surface area (Å²) in [5.41, 5.74) is 22.4. The molecule has 0 fully saturated rings. The number of amides is 5. The first-order valence-corrected chi connectivity index (χ1v) is 22.9. The fourth-order valence-corrected chi connectivity index (χ4v) is 7.57. The molecular weight excluding hydrogens is 867 g/mol. The van der Waals surface area contributed by atoms with Crippen molar-refractivity contribution in [2.45, 2.75) is 90.9 Å². The largest absolute Gasteiger partial charge is 0.492 e. The number of aryl methyl sites for hydroxylation is 1. The number of carbonyl (C=O) groups is 5. The monoisotopic (exact) mass is 934 g/mol. The molecule has 11 N–H and O–H groups in total. The summed E-state index contributed by atoms with van der Waals surface area (Å²) in [6.45, 7) is 13.9. The average Bonchev–Trinajstić information content (AvgIpc) is 3.30. The molecule has 2 heterocycles. The molecule has 0 saturated carbocycles. The van der Waals surface area contributed by atoms with Crippen LogP contribution in [-0.2, 0) is 31.0 Å². The van der Waals surface area contributed by atoms with E-state index < -0.39 is 53.7 Å². The molecule has 5 amide bonds. The van der Waals surface area contributed by atoms with E-state index >= 15 is 0 Å². The molecule has 0 saturated heterocycles. The van der Waals surface area contributed by atoms with Gasteiger partial charge in [0.1, 0.15) is 48.9 Å². The van der Waals surface area contributed by atoms with Crippen LogP contribution >= 0.6 is 0 Å². The summed E-state index contributed by atoms with van der Waals surface area (Å²) in [5.74, 6) is -2.10. The second kappa shape index (κ2) is 23.3. The number of rotatable bonds is 17. The number of nitrogens with two attached hydrogens (primary N) is 3. The number of hydrogen-bond donors (Lipinski definition) is 8. The number of likely N-dealkylation sites (N-methyl/N-ethyl adjacent to an activating group) is 1. The maximum absolute atomic E-state index is 14.7. The molecule has 68 heavy (non-hydrogen) atoms. The zero-order valence-electron chi connectivity index (χ0n) is 40.3. The van der Waals surface area contributed by atoms with Crippen LogP contribution in [0.3, 0.4) is 0 Å². The van der Waals surface area contributed by atoms with Crippen LogP contribution in [-0.4, -0.2) is 115 Å². The lowest BCUT2D eigenvalue weighted by atomic mass is 9.87. The van der Waals surface area contributed by atoms with Gasteiger partial charge in [-0.1, -0.05) is 71.0 Å². The molecule has 18 nitrogen and oxygen atoms in total. The third kappa shape index (κ3) is 13.0. The fraction of sp³-hybridized carbons (Fsp3) is 0.440. The molecule has 0 spiro atoms. The third-order valence-electron chi connectivity index (χ3n) is 11.7. The predicted molar refractivity (Wildman–Crippen MR) is 261 cm³/mol. The minimum absolute atomic E-state index is 0.00414. The molecule has 4 unspecified atom stereocenters. The van der Waals surface area contributed by atoms with Crippen LogP contribution < -0.4 is 47.9 Å². The molecule has 1 aromatic heterocycles. The van der Waals surface area contributed by atoms with Gasteiger partial charge in [0.2, 0.25) is 23.6 Å². The first-order valence-electron chi connectivity index (χ1n) is 22.9. The SMILES string of the molecule is Cc1nc(-c2ccc(C(C)(C)C)cc2)ncc1C(=O)NC(CCN)C(=O)N(C)C1C(=O)NC(C)C(=O)NC(C(=O)NCC(=N)C(C)C)Cc2ccc(OCCN)c(c2)-c2cc1ccc2OCCN. The van der Waals surface area contributed by atoms with E-state index in [9.17, 15) is 24.0 Å². The molecule has 18 heteroatoms. The van der Waals surface area contributed by atoms with E-state index in [0.29, 0.717) is 51.0 Å². The fourth-order valence-electron chi connectivity index (χ4n) is 7.57. The molecule has 4 atom stereocenters. The normalized spacial score (nSPS) is 16.7. The van der Waals surface area contributed by atoms with Gasteiger partial charge in [-0.25, -0.2) is 9.97 Å². The van der Waals surface area contributed by atoms with Crippen molar-refractivity contribution in [3.8, 4) is 34.0 Å². The van der Waals surface area contributed by atoms with E-state index in [1.54, 1.807) is 43.3 Å². The third-order valence-corrected chi connectivity index (χ3v) is 11.7. The molecule has 4 bridgehead atoms. The van der Waals surface area contributed by atoms with Gasteiger partial charge in [-0.05, 0) is 79.1 Å². The minimum atomic E-state index is -1.40. The molecule has 5 rings (SSSR count). The Bertz CT molecular complexity index is 2470. The Labute approximate surface area is 398 Å². The van der Waals surface area contributed by atoms with Crippen molar-refractivity contribution in [2.24, 2.45) is 23.1 Å². The van der Waals surface area contributed by atoms with Gasteiger partial charge in [0.05, 0.1) is 17.8 Å². The second-order valence-electron chi connectivity index (χ2n) is 18.2. The number of nitrogens with zero attached hydrogens (tertiary/aromatic N) is 3. The standard InChI is InChI=1S/C50H67N11O7/c1-28(2)38(54)27-56-47(64)40-24-31-9-15-41(67-21-19-52)35(23-31)36-25-33(12-16-42(36)68-22-20-53)43(48(65)58-30(4)45(62)60-40)61(8)49(66)39(17-18-51)59-46(63)37-26-55-44(57-29(37)3)32-10-13-34(14-11-32)50(5,6)7/h9-16,23,25-26,28,30,39-40,43,54H,17-22,24,27,51-53H2,1-8H3,(H,56,64)(H,58,65)(H,59,63)(H,60,62). The Morgan fingerprint density at radius 1 is 0.897 bits per heavy atom. The Kier molecular flexibility index (Phi) is 17.9. The Balaban J connectivity index is 1.55. The molecule has 3 aromatic carbocycles. The number of benzene rings is 3. The van der Waals surface area contributed by atoms with Crippen molar-refractivity contribution < 1.29 is 33.4 Å². The van der Waals surface area contributed by atoms with Crippen molar-refractivity contribution in [2.75, 3.05) is 46.4 Å². The lowest BCUT2D eigenvalue weighted by molar-refractivity contribution is -0.141. The van der Waals surface area contributed by atoms with Crippen molar-refractivity contribution in [3.05, 3.63) is 94.8 Å². The van der Waals surface area contributed by atoms with Crippen molar-refractivity contribution >= 4 is 35.2 Å². The van der Waals surface area contributed by atoms with Gasteiger partial charge in [0.15, 0.2) is 5.82 Å². The number of carbonyl (C=O) groups excluding carboxylic acids is 5. The highest BCUT2D eigenvalue weighted by atomic mass is 16.5.